The second-order valence-electron chi connectivity index (χ2n) is 8.01. The molecule has 4 heterocycles. The lowest BCUT2D eigenvalue weighted by atomic mass is 10.0. The average molecular weight is 466 g/mol. The van der Waals surface area contributed by atoms with Gasteiger partial charge in [0.1, 0.15) is 17.1 Å². The van der Waals surface area contributed by atoms with Crippen LogP contribution in [0.4, 0.5) is 4.39 Å². The van der Waals surface area contributed by atoms with Crippen LogP contribution in [0.1, 0.15) is 30.1 Å². The Kier molecular flexibility index (Phi) is 4.78. The zero-order valence-corrected chi connectivity index (χ0v) is 19.2. The molecule has 0 bridgehead atoms. The number of benzene rings is 1. The highest BCUT2D eigenvalue weighted by molar-refractivity contribution is 7.90. The van der Waals surface area contributed by atoms with Gasteiger partial charge in [-0.1, -0.05) is 11.2 Å². The van der Waals surface area contributed by atoms with Crippen molar-refractivity contribution in [3.8, 4) is 11.1 Å². The summed E-state index contributed by atoms with van der Waals surface area (Å²) in [6.07, 6.45) is 4.24. The van der Waals surface area contributed by atoms with E-state index in [1.54, 1.807) is 36.7 Å². The van der Waals surface area contributed by atoms with Crippen molar-refractivity contribution >= 4 is 31.8 Å². The zero-order chi connectivity index (χ0) is 23.5. The first-order valence-electron chi connectivity index (χ1n) is 10.2. The van der Waals surface area contributed by atoms with E-state index in [1.807, 2.05) is 19.1 Å². The Labute approximate surface area is 189 Å². The van der Waals surface area contributed by atoms with Crippen molar-refractivity contribution in [2.75, 3.05) is 6.26 Å². The van der Waals surface area contributed by atoms with Gasteiger partial charge >= 0.3 is 0 Å². The van der Waals surface area contributed by atoms with E-state index in [9.17, 15) is 8.42 Å². The molecule has 0 N–H and O–H groups in total. The van der Waals surface area contributed by atoms with Crippen molar-refractivity contribution in [3.05, 3.63) is 65.7 Å². The molecule has 5 aromatic rings. The normalized spacial score (nSPS) is 13.1. The lowest BCUT2D eigenvalue weighted by Crippen LogP contribution is -2.15. The highest BCUT2D eigenvalue weighted by atomic mass is 32.2. The fraction of sp³-hybridized carbons (Fsp3) is 0.217. The van der Waals surface area contributed by atoms with Crippen LogP contribution in [0.15, 0.2) is 52.4 Å². The maximum absolute atomic E-state index is 15.4. The number of aryl methyl sites for hydroxylation is 2. The van der Waals surface area contributed by atoms with Crippen molar-refractivity contribution < 1.29 is 17.3 Å². The van der Waals surface area contributed by atoms with Crippen LogP contribution in [0.2, 0.25) is 0 Å². The van der Waals surface area contributed by atoms with Crippen LogP contribution in [-0.2, 0) is 9.84 Å². The molecule has 0 aliphatic carbocycles. The maximum atomic E-state index is 15.4. The molecule has 0 saturated carbocycles. The van der Waals surface area contributed by atoms with Crippen LogP contribution < -0.4 is 0 Å². The third-order valence-electron chi connectivity index (χ3n) is 5.71. The van der Waals surface area contributed by atoms with E-state index in [2.05, 4.69) is 20.1 Å². The number of fused-ring (bicyclic) bond motifs is 3. The van der Waals surface area contributed by atoms with Gasteiger partial charge in [-0.2, -0.15) is 0 Å². The topological polar surface area (TPSA) is 104 Å². The Morgan fingerprint density at radius 3 is 2.55 bits per heavy atom. The number of hydrogen-bond donors (Lipinski definition) is 0. The predicted molar refractivity (Wildman–Crippen MR) is 121 cm³/mol. The van der Waals surface area contributed by atoms with Crippen LogP contribution in [0.5, 0.6) is 0 Å². The van der Waals surface area contributed by atoms with Gasteiger partial charge in [-0.15, -0.1) is 0 Å². The molecule has 10 heteroatoms. The molecule has 0 aliphatic rings. The molecule has 4 aromatic heterocycles. The molecular formula is C23H20FN5O3S. The molecule has 8 nitrogen and oxygen atoms in total. The molecule has 1 atom stereocenters. The standard InChI is InChI=1S/C23H20FN5O3S/c1-12-21(14(3)32-28-12)15-10-19-16(9-17(15)24)22-20(11-26-19)27-23(33(4,30)31)29(22)13(2)18-7-5-6-8-25-18/h5-11,13H,1-4H3/t13-/m1/s1. The van der Waals surface area contributed by atoms with Gasteiger partial charge in [-0.05, 0) is 45.0 Å². The van der Waals surface area contributed by atoms with E-state index in [-0.39, 0.29) is 5.16 Å². The first-order chi connectivity index (χ1) is 15.7. The molecule has 168 valence electrons. The summed E-state index contributed by atoms with van der Waals surface area (Å²) >= 11 is 0. The Balaban J connectivity index is 1.86. The van der Waals surface area contributed by atoms with Crippen LogP contribution >= 0.6 is 0 Å². The van der Waals surface area contributed by atoms with E-state index in [0.717, 1.165) is 6.26 Å². The number of nitrogens with zero attached hydrogens (tertiary/aromatic N) is 5. The summed E-state index contributed by atoms with van der Waals surface area (Å²) in [5, 5.41) is 4.24. The number of imidazole rings is 1. The maximum Gasteiger partial charge on any atom is 0.229 e. The van der Waals surface area contributed by atoms with Crippen molar-refractivity contribution in [2.45, 2.75) is 32.0 Å². The molecule has 0 unspecified atom stereocenters. The fourth-order valence-electron chi connectivity index (χ4n) is 4.21. The predicted octanol–water partition coefficient (Wildman–Crippen LogP) is 4.40. The summed E-state index contributed by atoms with van der Waals surface area (Å²) in [6.45, 7) is 5.30. The van der Waals surface area contributed by atoms with Crippen LogP contribution in [0.3, 0.4) is 0 Å². The first-order valence-corrected chi connectivity index (χ1v) is 12.1. The van der Waals surface area contributed by atoms with Gasteiger partial charge in [0, 0.05) is 23.4 Å². The quantitative estimate of drug-likeness (QED) is 0.387. The molecule has 33 heavy (non-hydrogen) atoms. The number of halogens is 1. The summed E-state index contributed by atoms with van der Waals surface area (Å²) in [7, 11) is -3.70. The molecular weight excluding hydrogens is 445 g/mol. The van der Waals surface area contributed by atoms with E-state index in [4.69, 9.17) is 4.52 Å². The minimum absolute atomic E-state index is 0.125. The number of pyridine rings is 2. The average Bonchev–Trinajstić information content (AvgIpc) is 3.34. The zero-order valence-electron chi connectivity index (χ0n) is 18.4. The molecule has 0 amide bonds. The summed E-state index contributed by atoms with van der Waals surface area (Å²) in [5.74, 6) is 0.00496. The molecule has 0 saturated heterocycles. The molecule has 5 rings (SSSR count). The van der Waals surface area contributed by atoms with Gasteiger partial charge in [0.25, 0.3) is 0 Å². The highest BCUT2D eigenvalue weighted by Gasteiger charge is 2.27. The lowest BCUT2D eigenvalue weighted by Gasteiger charge is -2.17. The fourth-order valence-corrected chi connectivity index (χ4v) is 5.08. The lowest BCUT2D eigenvalue weighted by molar-refractivity contribution is 0.393. The third kappa shape index (κ3) is 3.37. The Morgan fingerprint density at radius 2 is 1.91 bits per heavy atom. The van der Waals surface area contributed by atoms with E-state index in [0.29, 0.717) is 50.2 Å². The first kappa shape index (κ1) is 21.2. The number of hydrogen-bond acceptors (Lipinski definition) is 7. The van der Waals surface area contributed by atoms with E-state index in [1.165, 1.54) is 12.3 Å². The van der Waals surface area contributed by atoms with Crippen LogP contribution in [-0.4, -0.2) is 39.3 Å². The van der Waals surface area contributed by atoms with Crippen molar-refractivity contribution in [1.82, 2.24) is 24.7 Å². The van der Waals surface area contributed by atoms with Crippen molar-refractivity contribution in [2.24, 2.45) is 0 Å². The van der Waals surface area contributed by atoms with Gasteiger partial charge in [0.2, 0.25) is 15.0 Å². The van der Waals surface area contributed by atoms with Gasteiger partial charge in [-0.25, -0.2) is 17.8 Å². The number of aromatic nitrogens is 5. The van der Waals surface area contributed by atoms with E-state index >= 15 is 4.39 Å². The third-order valence-corrected chi connectivity index (χ3v) is 6.66. The van der Waals surface area contributed by atoms with Gasteiger partial charge < -0.3 is 9.09 Å². The summed E-state index contributed by atoms with van der Waals surface area (Å²) in [5.41, 5.74) is 3.44. The summed E-state index contributed by atoms with van der Waals surface area (Å²) in [6, 6.07) is 7.93. The monoisotopic (exact) mass is 465 g/mol. The molecule has 0 radical (unpaired) electrons. The summed E-state index contributed by atoms with van der Waals surface area (Å²) in [4.78, 5) is 13.2. The van der Waals surface area contributed by atoms with Gasteiger partial charge in [0.15, 0.2) is 0 Å². The Bertz CT molecular complexity index is 1620. The Morgan fingerprint density at radius 1 is 1.12 bits per heavy atom. The molecule has 0 aliphatic heterocycles. The number of rotatable bonds is 4. The molecule has 1 aromatic carbocycles. The highest BCUT2D eigenvalue weighted by Crippen LogP contribution is 2.36. The van der Waals surface area contributed by atoms with Crippen molar-refractivity contribution in [3.63, 3.8) is 0 Å². The largest absolute Gasteiger partial charge is 0.361 e. The van der Waals surface area contributed by atoms with Gasteiger partial charge in [0.05, 0.1) is 40.2 Å². The van der Waals surface area contributed by atoms with Gasteiger partial charge in [-0.3, -0.25) is 9.97 Å². The smallest absolute Gasteiger partial charge is 0.229 e. The van der Waals surface area contributed by atoms with E-state index < -0.39 is 21.7 Å². The minimum Gasteiger partial charge on any atom is -0.361 e. The molecule has 0 fully saturated rings. The Hall–Kier alpha value is -3.66. The minimum atomic E-state index is -3.70. The van der Waals surface area contributed by atoms with Crippen molar-refractivity contribution in [1.29, 1.82) is 0 Å². The summed E-state index contributed by atoms with van der Waals surface area (Å²) < 4.78 is 47.5. The second kappa shape index (κ2) is 7.45. The SMILES string of the molecule is Cc1noc(C)c1-c1cc2ncc3nc(S(C)(=O)=O)n([C@H](C)c4ccccn4)c3c2cc1F. The van der Waals surface area contributed by atoms with Crippen LogP contribution in [0.25, 0.3) is 33.1 Å². The van der Waals surface area contributed by atoms with Crippen LogP contribution in [0, 0.1) is 19.7 Å². The molecule has 0 spiro atoms. The second-order valence-corrected chi connectivity index (χ2v) is 9.92. The number of sulfone groups is 1.